The standard InChI is InChI=1S/C12H15ClO2/c1-7(2)12-6-10(14)9-5-8(13)3-4-11(9)15-12/h3-5,7,10,12,14H,6H2,1-2H3/t10-,12?/m1/s1. The summed E-state index contributed by atoms with van der Waals surface area (Å²) in [6.07, 6.45) is 0.277. The summed E-state index contributed by atoms with van der Waals surface area (Å²) in [6.45, 7) is 4.19. The van der Waals surface area contributed by atoms with Crippen molar-refractivity contribution in [2.45, 2.75) is 32.5 Å². The number of hydrogen-bond donors (Lipinski definition) is 1. The van der Waals surface area contributed by atoms with Crippen LogP contribution in [0.4, 0.5) is 0 Å². The van der Waals surface area contributed by atoms with Gasteiger partial charge in [-0.15, -0.1) is 0 Å². The molecule has 1 N–H and O–H groups in total. The van der Waals surface area contributed by atoms with Gasteiger partial charge in [-0.2, -0.15) is 0 Å². The Morgan fingerprint density at radius 2 is 2.20 bits per heavy atom. The van der Waals surface area contributed by atoms with E-state index in [1.807, 2.05) is 6.07 Å². The fourth-order valence-corrected chi connectivity index (χ4v) is 2.03. The summed E-state index contributed by atoms with van der Waals surface area (Å²) in [7, 11) is 0. The van der Waals surface area contributed by atoms with Crippen molar-refractivity contribution in [2.75, 3.05) is 0 Å². The molecule has 0 saturated heterocycles. The van der Waals surface area contributed by atoms with Crippen molar-refractivity contribution >= 4 is 11.6 Å². The van der Waals surface area contributed by atoms with Crippen molar-refractivity contribution in [3.63, 3.8) is 0 Å². The molecule has 0 saturated carbocycles. The highest BCUT2D eigenvalue weighted by atomic mass is 35.5. The quantitative estimate of drug-likeness (QED) is 0.797. The van der Waals surface area contributed by atoms with Crippen LogP contribution in [-0.2, 0) is 0 Å². The van der Waals surface area contributed by atoms with Crippen molar-refractivity contribution in [3.8, 4) is 5.75 Å². The van der Waals surface area contributed by atoms with E-state index in [-0.39, 0.29) is 6.10 Å². The van der Waals surface area contributed by atoms with Crippen LogP contribution in [0, 0.1) is 5.92 Å². The highest BCUT2D eigenvalue weighted by Crippen LogP contribution is 2.37. The SMILES string of the molecule is CC(C)C1C[C@@H](O)c2cc(Cl)ccc2O1. The van der Waals surface area contributed by atoms with Crippen molar-refractivity contribution in [1.82, 2.24) is 0 Å². The second kappa shape index (κ2) is 4.03. The molecule has 0 amide bonds. The Hall–Kier alpha value is -0.730. The van der Waals surface area contributed by atoms with E-state index in [0.29, 0.717) is 17.4 Å². The van der Waals surface area contributed by atoms with Crippen molar-refractivity contribution in [1.29, 1.82) is 0 Å². The minimum atomic E-state index is -0.458. The van der Waals surface area contributed by atoms with Gasteiger partial charge in [0, 0.05) is 17.0 Å². The average Bonchev–Trinajstić information content (AvgIpc) is 2.18. The third-order valence-electron chi connectivity index (χ3n) is 2.81. The fourth-order valence-electron chi connectivity index (χ4n) is 1.85. The number of aliphatic hydroxyl groups is 1. The summed E-state index contributed by atoms with van der Waals surface area (Å²) in [5.41, 5.74) is 0.805. The molecule has 0 bridgehead atoms. The Kier molecular flexibility index (Phi) is 2.89. The zero-order valence-corrected chi connectivity index (χ0v) is 9.66. The molecule has 1 aromatic carbocycles. The zero-order chi connectivity index (χ0) is 11.0. The molecule has 1 aliphatic heterocycles. The minimum absolute atomic E-state index is 0.0914. The van der Waals surface area contributed by atoms with Crippen molar-refractivity contribution < 1.29 is 9.84 Å². The second-order valence-electron chi connectivity index (χ2n) is 4.33. The molecule has 2 nitrogen and oxygen atoms in total. The predicted molar refractivity (Wildman–Crippen MR) is 60.3 cm³/mol. The Labute approximate surface area is 94.8 Å². The molecule has 3 heteroatoms. The molecule has 2 atom stereocenters. The average molecular weight is 227 g/mol. The first-order chi connectivity index (χ1) is 7.08. The highest BCUT2D eigenvalue weighted by molar-refractivity contribution is 6.30. The summed E-state index contributed by atoms with van der Waals surface area (Å²) in [4.78, 5) is 0. The van der Waals surface area contributed by atoms with Gasteiger partial charge in [-0.3, -0.25) is 0 Å². The molecule has 82 valence electrons. The maximum absolute atomic E-state index is 9.97. The molecule has 2 rings (SSSR count). The second-order valence-corrected chi connectivity index (χ2v) is 4.77. The van der Waals surface area contributed by atoms with Crippen LogP contribution in [0.3, 0.4) is 0 Å². The maximum atomic E-state index is 9.97. The predicted octanol–water partition coefficient (Wildman–Crippen LogP) is 3.18. The molecule has 1 aliphatic rings. The molecule has 1 heterocycles. The topological polar surface area (TPSA) is 29.5 Å². The molecule has 1 unspecified atom stereocenters. The van der Waals surface area contributed by atoms with Gasteiger partial charge in [0.15, 0.2) is 0 Å². The monoisotopic (exact) mass is 226 g/mol. The fraction of sp³-hybridized carbons (Fsp3) is 0.500. The molecule has 0 fully saturated rings. The van der Waals surface area contributed by atoms with Crippen LogP contribution in [0.2, 0.25) is 5.02 Å². The lowest BCUT2D eigenvalue weighted by atomic mass is 9.93. The van der Waals surface area contributed by atoms with Crippen LogP contribution in [0.5, 0.6) is 5.75 Å². The van der Waals surface area contributed by atoms with Crippen molar-refractivity contribution in [2.24, 2.45) is 5.92 Å². The smallest absolute Gasteiger partial charge is 0.125 e. The number of hydrogen-bond acceptors (Lipinski definition) is 2. The number of aliphatic hydroxyl groups excluding tert-OH is 1. The molecular weight excluding hydrogens is 212 g/mol. The van der Waals surface area contributed by atoms with Gasteiger partial charge < -0.3 is 9.84 Å². The Morgan fingerprint density at radius 3 is 2.87 bits per heavy atom. The number of halogens is 1. The molecule has 0 radical (unpaired) electrons. The lowest BCUT2D eigenvalue weighted by molar-refractivity contribution is 0.0427. The Morgan fingerprint density at radius 1 is 1.47 bits per heavy atom. The van der Waals surface area contributed by atoms with Gasteiger partial charge in [0.25, 0.3) is 0 Å². The van der Waals surface area contributed by atoms with Gasteiger partial charge in [-0.05, 0) is 24.1 Å². The number of rotatable bonds is 1. The van der Waals surface area contributed by atoms with Gasteiger partial charge in [0.05, 0.1) is 6.10 Å². The summed E-state index contributed by atoms with van der Waals surface area (Å²) in [5, 5.41) is 10.6. The van der Waals surface area contributed by atoms with Crippen LogP contribution in [0.25, 0.3) is 0 Å². The van der Waals surface area contributed by atoms with E-state index in [4.69, 9.17) is 16.3 Å². The van der Waals surface area contributed by atoms with E-state index in [2.05, 4.69) is 13.8 Å². The highest BCUT2D eigenvalue weighted by Gasteiger charge is 2.28. The van der Waals surface area contributed by atoms with E-state index in [9.17, 15) is 5.11 Å². The van der Waals surface area contributed by atoms with Gasteiger partial charge in [-0.1, -0.05) is 25.4 Å². The molecule has 1 aromatic rings. The number of ether oxygens (including phenoxy) is 1. The van der Waals surface area contributed by atoms with E-state index in [1.54, 1.807) is 12.1 Å². The molecule has 0 aliphatic carbocycles. The zero-order valence-electron chi connectivity index (χ0n) is 8.90. The minimum Gasteiger partial charge on any atom is -0.490 e. The van der Waals surface area contributed by atoms with Gasteiger partial charge in [-0.25, -0.2) is 0 Å². The Bertz CT molecular complexity index is 363. The molecule has 15 heavy (non-hydrogen) atoms. The van der Waals surface area contributed by atoms with Crippen molar-refractivity contribution in [3.05, 3.63) is 28.8 Å². The van der Waals surface area contributed by atoms with Gasteiger partial charge in [0.2, 0.25) is 0 Å². The lowest BCUT2D eigenvalue weighted by Gasteiger charge is -2.32. The van der Waals surface area contributed by atoms with Gasteiger partial charge >= 0.3 is 0 Å². The van der Waals surface area contributed by atoms with E-state index >= 15 is 0 Å². The first-order valence-corrected chi connectivity index (χ1v) is 5.60. The maximum Gasteiger partial charge on any atom is 0.125 e. The number of fused-ring (bicyclic) bond motifs is 1. The first-order valence-electron chi connectivity index (χ1n) is 5.22. The summed E-state index contributed by atoms with van der Waals surface area (Å²) >= 11 is 5.87. The normalized spacial score (nSPS) is 24.9. The molecular formula is C12H15ClO2. The largest absolute Gasteiger partial charge is 0.490 e. The number of benzene rings is 1. The van der Waals surface area contributed by atoms with E-state index in [0.717, 1.165) is 11.3 Å². The molecule has 0 aromatic heterocycles. The van der Waals surface area contributed by atoms with E-state index in [1.165, 1.54) is 0 Å². The Balaban J connectivity index is 2.32. The van der Waals surface area contributed by atoms with Crippen LogP contribution >= 0.6 is 11.6 Å². The third kappa shape index (κ3) is 2.11. The van der Waals surface area contributed by atoms with Crippen LogP contribution in [-0.4, -0.2) is 11.2 Å². The summed E-state index contributed by atoms with van der Waals surface area (Å²) in [6, 6.07) is 5.39. The van der Waals surface area contributed by atoms with Crippen LogP contribution < -0.4 is 4.74 Å². The summed E-state index contributed by atoms with van der Waals surface area (Å²) in [5.74, 6) is 1.17. The lowest BCUT2D eigenvalue weighted by Crippen LogP contribution is -2.30. The van der Waals surface area contributed by atoms with Crippen LogP contribution in [0.1, 0.15) is 31.9 Å². The van der Waals surface area contributed by atoms with Crippen LogP contribution in [0.15, 0.2) is 18.2 Å². The third-order valence-corrected chi connectivity index (χ3v) is 3.04. The van der Waals surface area contributed by atoms with Gasteiger partial charge in [0.1, 0.15) is 11.9 Å². The first kappa shape index (κ1) is 10.8. The van der Waals surface area contributed by atoms with E-state index < -0.39 is 6.10 Å². The summed E-state index contributed by atoms with van der Waals surface area (Å²) < 4.78 is 5.80. The molecule has 0 spiro atoms.